The quantitative estimate of drug-likeness (QED) is 0.926. The zero-order valence-corrected chi connectivity index (χ0v) is 14.5. The number of aromatic nitrogens is 1. The molecule has 0 radical (unpaired) electrons. The number of aryl methyl sites for hydroxylation is 1. The normalized spacial score (nSPS) is 20.8. The third-order valence-electron chi connectivity index (χ3n) is 4.47. The molecule has 126 valence electrons. The van der Waals surface area contributed by atoms with Crippen molar-refractivity contribution in [3.63, 3.8) is 0 Å². The molecule has 1 amide bonds. The molecule has 1 aliphatic rings. The molecule has 2 heterocycles. The van der Waals surface area contributed by atoms with Crippen LogP contribution >= 0.6 is 11.3 Å². The number of amides is 1. The van der Waals surface area contributed by atoms with Crippen LogP contribution in [0.2, 0.25) is 0 Å². The summed E-state index contributed by atoms with van der Waals surface area (Å²) < 4.78 is 0. The highest BCUT2D eigenvalue weighted by molar-refractivity contribution is 7.13. The molecule has 0 bridgehead atoms. The molecule has 1 saturated heterocycles. The van der Waals surface area contributed by atoms with Crippen molar-refractivity contribution in [3.8, 4) is 10.6 Å². The molecule has 1 aromatic carbocycles. The van der Waals surface area contributed by atoms with Gasteiger partial charge in [-0.1, -0.05) is 12.1 Å². The van der Waals surface area contributed by atoms with Crippen LogP contribution in [-0.2, 0) is 4.79 Å². The highest BCUT2D eigenvalue weighted by Gasteiger charge is 2.33. The van der Waals surface area contributed by atoms with Gasteiger partial charge in [0.1, 0.15) is 5.01 Å². The molecule has 3 rings (SSSR count). The maximum Gasteiger partial charge on any atom is 0.308 e. The Labute approximate surface area is 145 Å². The van der Waals surface area contributed by atoms with E-state index in [1.54, 1.807) is 22.3 Å². The molecule has 2 atom stereocenters. The summed E-state index contributed by atoms with van der Waals surface area (Å²) in [5, 5.41) is 12.1. The number of carboxylic acids is 1. The highest BCUT2D eigenvalue weighted by atomic mass is 32.1. The molecular formula is C18H20N2O3S. The second kappa shape index (κ2) is 6.73. The first-order chi connectivity index (χ1) is 11.5. The summed E-state index contributed by atoms with van der Waals surface area (Å²) in [6, 6.07) is 7.47. The van der Waals surface area contributed by atoms with Crippen molar-refractivity contribution < 1.29 is 14.7 Å². The predicted octanol–water partition coefficient (Wildman–Crippen LogP) is 3.44. The first-order valence-corrected chi connectivity index (χ1v) is 8.90. The van der Waals surface area contributed by atoms with Gasteiger partial charge in [0, 0.05) is 34.8 Å². The molecule has 2 unspecified atom stereocenters. The van der Waals surface area contributed by atoms with Gasteiger partial charge in [-0.05, 0) is 38.8 Å². The summed E-state index contributed by atoms with van der Waals surface area (Å²) >= 11 is 1.55. The number of carbonyl (C=O) groups excluding carboxylic acids is 1. The number of likely N-dealkylation sites (tertiary alicyclic amines) is 1. The van der Waals surface area contributed by atoms with E-state index in [0.29, 0.717) is 18.4 Å². The van der Waals surface area contributed by atoms with E-state index in [4.69, 9.17) is 0 Å². The number of hydrogen-bond donors (Lipinski definition) is 1. The number of thiazole rings is 1. The SMILES string of the molecule is Cc1csc(-c2cccc(C(=O)N3CC(C(=O)O)CCC3C)c2)n1. The van der Waals surface area contributed by atoms with Gasteiger partial charge in [0.25, 0.3) is 5.91 Å². The van der Waals surface area contributed by atoms with E-state index in [1.807, 2.05) is 37.4 Å². The van der Waals surface area contributed by atoms with Crippen LogP contribution in [0.4, 0.5) is 0 Å². The molecular weight excluding hydrogens is 324 g/mol. The molecule has 2 aromatic rings. The lowest BCUT2D eigenvalue weighted by Gasteiger charge is -2.36. The van der Waals surface area contributed by atoms with E-state index in [-0.39, 0.29) is 18.5 Å². The van der Waals surface area contributed by atoms with E-state index >= 15 is 0 Å². The van der Waals surface area contributed by atoms with Crippen molar-refractivity contribution in [1.29, 1.82) is 0 Å². The minimum Gasteiger partial charge on any atom is -0.481 e. The fourth-order valence-corrected chi connectivity index (χ4v) is 3.82. The van der Waals surface area contributed by atoms with Crippen LogP contribution in [0.3, 0.4) is 0 Å². The van der Waals surface area contributed by atoms with Crippen molar-refractivity contribution in [2.45, 2.75) is 32.7 Å². The molecule has 0 spiro atoms. The second-order valence-corrected chi connectivity index (χ2v) is 7.15. The predicted molar refractivity (Wildman–Crippen MR) is 93.1 cm³/mol. The Morgan fingerprint density at radius 1 is 1.33 bits per heavy atom. The van der Waals surface area contributed by atoms with Gasteiger partial charge < -0.3 is 10.0 Å². The lowest BCUT2D eigenvalue weighted by Crippen LogP contribution is -2.47. The number of benzene rings is 1. The molecule has 0 aliphatic carbocycles. The van der Waals surface area contributed by atoms with Crippen molar-refractivity contribution in [2.24, 2.45) is 5.92 Å². The summed E-state index contributed by atoms with van der Waals surface area (Å²) in [5.41, 5.74) is 2.46. The number of nitrogens with zero attached hydrogens (tertiary/aromatic N) is 2. The molecule has 1 N–H and O–H groups in total. The van der Waals surface area contributed by atoms with Crippen molar-refractivity contribution >= 4 is 23.2 Å². The lowest BCUT2D eigenvalue weighted by molar-refractivity contribution is -0.143. The molecule has 24 heavy (non-hydrogen) atoms. The summed E-state index contributed by atoms with van der Waals surface area (Å²) in [6.07, 6.45) is 1.34. The van der Waals surface area contributed by atoms with Crippen LogP contribution in [0.15, 0.2) is 29.6 Å². The highest BCUT2D eigenvalue weighted by Crippen LogP contribution is 2.27. The van der Waals surface area contributed by atoms with E-state index in [9.17, 15) is 14.7 Å². The summed E-state index contributed by atoms with van der Waals surface area (Å²) in [6.45, 7) is 4.19. The Morgan fingerprint density at radius 2 is 2.12 bits per heavy atom. The van der Waals surface area contributed by atoms with Gasteiger partial charge in [-0.3, -0.25) is 9.59 Å². The van der Waals surface area contributed by atoms with Crippen LogP contribution in [0.1, 0.15) is 35.8 Å². The minimum absolute atomic E-state index is 0.0545. The average Bonchev–Trinajstić information content (AvgIpc) is 3.01. The Balaban J connectivity index is 1.85. The number of carboxylic acid groups (broad SMARTS) is 1. The van der Waals surface area contributed by atoms with Gasteiger partial charge in [0.2, 0.25) is 0 Å². The van der Waals surface area contributed by atoms with E-state index in [2.05, 4.69) is 4.98 Å². The van der Waals surface area contributed by atoms with Crippen LogP contribution in [0.5, 0.6) is 0 Å². The molecule has 1 aliphatic heterocycles. The fourth-order valence-electron chi connectivity index (χ4n) is 3.03. The summed E-state index contributed by atoms with van der Waals surface area (Å²) in [5.74, 6) is -1.41. The number of carbonyl (C=O) groups is 2. The number of piperidine rings is 1. The Hall–Kier alpha value is -2.21. The number of hydrogen-bond acceptors (Lipinski definition) is 4. The monoisotopic (exact) mass is 344 g/mol. The van der Waals surface area contributed by atoms with Crippen LogP contribution in [0, 0.1) is 12.8 Å². The number of rotatable bonds is 3. The van der Waals surface area contributed by atoms with Gasteiger partial charge in [-0.15, -0.1) is 11.3 Å². The van der Waals surface area contributed by atoms with Gasteiger partial charge in [0.05, 0.1) is 5.92 Å². The zero-order valence-electron chi connectivity index (χ0n) is 13.7. The van der Waals surface area contributed by atoms with Crippen LogP contribution in [-0.4, -0.2) is 39.5 Å². The smallest absolute Gasteiger partial charge is 0.308 e. The molecule has 6 heteroatoms. The largest absolute Gasteiger partial charge is 0.481 e. The van der Waals surface area contributed by atoms with E-state index in [0.717, 1.165) is 16.3 Å². The Bertz CT molecular complexity index is 771. The van der Waals surface area contributed by atoms with Gasteiger partial charge in [-0.25, -0.2) is 4.98 Å². The number of aliphatic carboxylic acids is 1. The van der Waals surface area contributed by atoms with Gasteiger partial charge >= 0.3 is 5.97 Å². The maximum absolute atomic E-state index is 12.9. The maximum atomic E-state index is 12.9. The van der Waals surface area contributed by atoms with E-state index in [1.165, 1.54) is 0 Å². The van der Waals surface area contributed by atoms with E-state index < -0.39 is 11.9 Å². The van der Waals surface area contributed by atoms with Crippen molar-refractivity contribution in [3.05, 3.63) is 40.9 Å². The Morgan fingerprint density at radius 3 is 2.79 bits per heavy atom. The summed E-state index contributed by atoms with van der Waals surface area (Å²) in [4.78, 5) is 30.3. The summed E-state index contributed by atoms with van der Waals surface area (Å²) in [7, 11) is 0. The van der Waals surface area contributed by atoms with Gasteiger partial charge in [-0.2, -0.15) is 0 Å². The second-order valence-electron chi connectivity index (χ2n) is 6.29. The first kappa shape index (κ1) is 16.6. The lowest BCUT2D eigenvalue weighted by atomic mass is 9.93. The standard InChI is InChI=1S/C18H20N2O3S/c1-11-10-24-16(19-11)13-4-3-5-14(8-13)17(21)20-9-15(18(22)23)7-6-12(20)2/h3-5,8,10,12,15H,6-7,9H2,1-2H3,(H,22,23). The van der Waals surface area contributed by atoms with Crippen molar-refractivity contribution in [1.82, 2.24) is 9.88 Å². The van der Waals surface area contributed by atoms with Crippen molar-refractivity contribution in [2.75, 3.05) is 6.54 Å². The topological polar surface area (TPSA) is 70.5 Å². The molecule has 1 fully saturated rings. The molecule has 0 saturated carbocycles. The third-order valence-corrected chi connectivity index (χ3v) is 5.48. The molecule has 5 nitrogen and oxygen atoms in total. The van der Waals surface area contributed by atoms with Crippen LogP contribution < -0.4 is 0 Å². The minimum atomic E-state index is -0.827. The average molecular weight is 344 g/mol. The fraction of sp³-hybridized carbons (Fsp3) is 0.389. The molecule has 1 aromatic heterocycles. The first-order valence-electron chi connectivity index (χ1n) is 8.02. The van der Waals surface area contributed by atoms with Gasteiger partial charge in [0.15, 0.2) is 0 Å². The Kier molecular flexibility index (Phi) is 4.66. The van der Waals surface area contributed by atoms with Crippen LogP contribution in [0.25, 0.3) is 10.6 Å². The third kappa shape index (κ3) is 3.33. The zero-order chi connectivity index (χ0) is 17.3.